The van der Waals surface area contributed by atoms with Crippen LogP contribution in [0.25, 0.3) is 0 Å². The molecule has 2 aromatic heterocycles. The number of hydrogen-bond donors (Lipinski definition) is 1. The van der Waals surface area contributed by atoms with Gasteiger partial charge in [-0.1, -0.05) is 0 Å². The molecule has 0 spiro atoms. The van der Waals surface area contributed by atoms with Gasteiger partial charge in [0.05, 0.1) is 0 Å². The van der Waals surface area contributed by atoms with Crippen LogP contribution in [0.3, 0.4) is 0 Å². The van der Waals surface area contributed by atoms with Gasteiger partial charge < -0.3 is 9.64 Å². The molecule has 0 unspecified atom stereocenters. The van der Waals surface area contributed by atoms with Crippen molar-refractivity contribution in [2.24, 2.45) is 5.92 Å². The third-order valence-corrected chi connectivity index (χ3v) is 6.47. The van der Waals surface area contributed by atoms with E-state index in [0.29, 0.717) is 38.4 Å². The van der Waals surface area contributed by atoms with Crippen LogP contribution >= 0.6 is 0 Å². The Hall–Kier alpha value is -2.26. The zero-order chi connectivity index (χ0) is 19.6. The van der Waals surface area contributed by atoms with Gasteiger partial charge in [-0.25, -0.2) is 27.5 Å². The van der Waals surface area contributed by atoms with Crippen molar-refractivity contribution in [2.75, 3.05) is 24.5 Å². The van der Waals surface area contributed by atoms with Crippen molar-refractivity contribution >= 4 is 15.8 Å². The summed E-state index contributed by atoms with van der Waals surface area (Å²) in [5.74, 6) is 0.778. The van der Waals surface area contributed by atoms with Gasteiger partial charge in [-0.3, -0.25) is 0 Å². The van der Waals surface area contributed by atoms with E-state index in [2.05, 4.69) is 19.6 Å². The van der Waals surface area contributed by atoms with Crippen LogP contribution in [0.2, 0.25) is 0 Å². The summed E-state index contributed by atoms with van der Waals surface area (Å²) in [6.07, 6.45) is 6.40. The van der Waals surface area contributed by atoms with Crippen molar-refractivity contribution in [3.05, 3.63) is 42.5 Å². The predicted molar refractivity (Wildman–Crippen MR) is 102 cm³/mol. The zero-order valence-electron chi connectivity index (χ0n) is 15.4. The number of sulfonamides is 1. The summed E-state index contributed by atoms with van der Waals surface area (Å²) in [6.45, 7) is 1.88. The Morgan fingerprint density at radius 2 is 1.93 bits per heavy atom. The quantitative estimate of drug-likeness (QED) is 0.760. The minimum absolute atomic E-state index is 0.0346. The van der Waals surface area contributed by atoms with Gasteiger partial charge >= 0.3 is 0 Å². The van der Waals surface area contributed by atoms with E-state index in [1.54, 1.807) is 12.1 Å². The number of aromatic nitrogens is 2. The number of hydrogen-bond acceptors (Lipinski definition) is 6. The predicted octanol–water partition coefficient (Wildman–Crippen LogP) is 2.35. The molecule has 0 radical (unpaired) electrons. The van der Waals surface area contributed by atoms with Crippen LogP contribution in [0.5, 0.6) is 5.88 Å². The molecular formula is C19H23FN4O3S. The molecule has 1 aliphatic carbocycles. The molecule has 150 valence electrons. The molecule has 0 atom stereocenters. The molecule has 0 aromatic carbocycles. The third-order valence-electron chi connectivity index (χ3n) is 5.06. The van der Waals surface area contributed by atoms with Gasteiger partial charge in [0.2, 0.25) is 10.0 Å². The Balaban J connectivity index is 1.32. The molecule has 7 nitrogen and oxygen atoms in total. The number of nitrogens with zero attached hydrogens (tertiary/aromatic N) is 3. The van der Waals surface area contributed by atoms with Crippen molar-refractivity contribution in [2.45, 2.75) is 36.7 Å². The molecule has 3 heterocycles. The Morgan fingerprint density at radius 1 is 1.14 bits per heavy atom. The molecule has 28 heavy (non-hydrogen) atoms. The first kappa shape index (κ1) is 19.1. The number of piperidine rings is 1. The normalized spacial score (nSPS) is 18.2. The van der Waals surface area contributed by atoms with Crippen molar-refractivity contribution in [3.63, 3.8) is 0 Å². The van der Waals surface area contributed by atoms with Crippen molar-refractivity contribution < 1.29 is 17.5 Å². The first-order valence-corrected chi connectivity index (χ1v) is 11.0. The molecule has 1 N–H and O–H groups in total. The summed E-state index contributed by atoms with van der Waals surface area (Å²) in [5.41, 5.74) is 0. The van der Waals surface area contributed by atoms with Gasteiger partial charge in [0.15, 0.2) is 5.82 Å². The minimum Gasteiger partial charge on any atom is -0.472 e. The number of rotatable bonds is 7. The SMILES string of the molecule is O=S(=O)(NCC1CC1)c1ccc(N2CCC(Oc3ncccc3F)CC2)nc1. The second-order valence-electron chi connectivity index (χ2n) is 7.24. The van der Waals surface area contributed by atoms with Gasteiger partial charge in [-0.05, 0) is 43.0 Å². The fraction of sp³-hybridized carbons (Fsp3) is 0.474. The van der Waals surface area contributed by atoms with E-state index < -0.39 is 15.8 Å². The standard InChI is InChI=1S/C19H23FN4O3S/c20-17-2-1-9-21-19(17)27-15-7-10-24(11-8-15)18-6-5-16(13-22-18)28(25,26)23-12-14-3-4-14/h1-2,5-6,9,13-15,23H,3-4,7-8,10-12H2. The number of halogens is 1. The van der Waals surface area contributed by atoms with E-state index in [9.17, 15) is 12.8 Å². The minimum atomic E-state index is -3.50. The molecule has 1 aliphatic heterocycles. The summed E-state index contributed by atoms with van der Waals surface area (Å²) in [5, 5.41) is 0. The van der Waals surface area contributed by atoms with Gasteiger partial charge in [0, 0.05) is 44.9 Å². The van der Waals surface area contributed by atoms with Crippen LogP contribution in [0.1, 0.15) is 25.7 Å². The molecule has 2 aromatic rings. The Bertz CT molecular complexity index is 911. The lowest BCUT2D eigenvalue weighted by atomic mass is 10.1. The molecule has 4 rings (SSSR count). The molecular weight excluding hydrogens is 383 g/mol. The summed E-state index contributed by atoms with van der Waals surface area (Å²) >= 11 is 0. The van der Waals surface area contributed by atoms with E-state index >= 15 is 0 Å². The summed E-state index contributed by atoms with van der Waals surface area (Å²) in [7, 11) is -3.50. The molecule has 0 amide bonds. The number of pyridine rings is 2. The van der Waals surface area contributed by atoms with Gasteiger partial charge in [-0.2, -0.15) is 0 Å². The summed E-state index contributed by atoms with van der Waals surface area (Å²) < 4.78 is 46.5. The number of anilines is 1. The maximum atomic E-state index is 13.7. The maximum Gasteiger partial charge on any atom is 0.250 e. The second kappa shape index (κ2) is 8.00. The zero-order valence-corrected chi connectivity index (χ0v) is 16.2. The smallest absolute Gasteiger partial charge is 0.250 e. The van der Waals surface area contributed by atoms with Crippen LogP contribution in [0, 0.1) is 11.7 Å². The first-order valence-electron chi connectivity index (χ1n) is 9.49. The van der Waals surface area contributed by atoms with Crippen LogP contribution in [0.15, 0.2) is 41.6 Å². The van der Waals surface area contributed by atoms with E-state index in [4.69, 9.17) is 4.74 Å². The molecule has 9 heteroatoms. The molecule has 2 fully saturated rings. The average Bonchev–Trinajstić information content (AvgIpc) is 3.54. The number of nitrogens with one attached hydrogen (secondary N) is 1. The first-order chi connectivity index (χ1) is 13.5. The third kappa shape index (κ3) is 4.59. The average molecular weight is 406 g/mol. The lowest BCUT2D eigenvalue weighted by Gasteiger charge is -2.32. The summed E-state index contributed by atoms with van der Waals surface area (Å²) in [4.78, 5) is 10.5. The largest absolute Gasteiger partial charge is 0.472 e. The Morgan fingerprint density at radius 3 is 2.57 bits per heavy atom. The van der Waals surface area contributed by atoms with E-state index in [0.717, 1.165) is 18.7 Å². The fourth-order valence-corrected chi connectivity index (χ4v) is 4.23. The highest BCUT2D eigenvalue weighted by Gasteiger charge is 2.25. The lowest BCUT2D eigenvalue weighted by Crippen LogP contribution is -2.39. The lowest BCUT2D eigenvalue weighted by molar-refractivity contribution is 0.156. The molecule has 0 bridgehead atoms. The summed E-state index contributed by atoms with van der Waals surface area (Å²) in [6, 6.07) is 6.17. The van der Waals surface area contributed by atoms with E-state index in [-0.39, 0.29) is 16.9 Å². The van der Waals surface area contributed by atoms with Crippen molar-refractivity contribution in [1.82, 2.24) is 14.7 Å². The van der Waals surface area contributed by atoms with E-state index in [1.165, 1.54) is 24.5 Å². The van der Waals surface area contributed by atoms with Crippen LogP contribution in [0.4, 0.5) is 10.2 Å². The highest BCUT2D eigenvalue weighted by Crippen LogP contribution is 2.28. The highest BCUT2D eigenvalue weighted by molar-refractivity contribution is 7.89. The Labute approximate surface area is 164 Å². The fourth-order valence-electron chi connectivity index (χ4n) is 3.17. The highest BCUT2D eigenvalue weighted by atomic mass is 32.2. The molecule has 1 saturated carbocycles. The maximum absolute atomic E-state index is 13.7. The Kier molecular flexibility index (Phi) is 5.45. The second-order valence-corrected chi connectivity index (χ2v) is 9.01. The van der Waals surface area contributed by atoms with Crippen molar-refractivity contribution in [1.29, 1.82) is 0 Å². The van der Waals surface area contributed by atoms with Crippen LogP contribution in [-0.2, 0) is 10.0 Å². The van der Waals surface area contributed by atoms with Crippen LogP contribution < -0.4 is 14.4 Å². The van der Waals surface area contributed by atoms with Crippen molar-refractivity contribution in [3.8, 4) is 5.88 Å². The van der Waals surface area contributed by atoms with Gasteiger partial charge in [0.1, 0.15) is 16.8 Å². The number of ether oxygens (including phenoxy) is 1. The van der Waals surface area contributed by atoms with E-state index in [1.807, 2.05) is 0 Å². The van der Waals surface area contributed by atoms with Gasteiger partial charge in [-0.15, -0.1) is 0 Å². The van der Waals surface area contributed by atoms with Crippen LogP contribution in [-0.4, -0.2) is 44.1 Å². The molecule has 2 aliphatic rings. The monoisotopic (exact) mass is 406 g/mol. The molecule has 1 saturated heterocycles. The topological polar surface area (TPSA) is 84.4 Å². The van der Waals surface area contributed by atoms with Gasteiger partial charge in [0.25, 0.3) is 5.88 Å².